The summed E-state index contributed by atoms with van der Waals surface area (Å²) in [7, 11) is 0. The van der Waals surface area contributed by atoms with Gasteiger partial charge in [-0.05, 0) is 49.9 Å². The number of hydrogen-bond donors (Lipinski definition) is 1. The van der Waals surface area contributed by atoms with E-state index in [1.165, 1.54) is 11.1 Å². The van der Waals surface area contributed by atoms with E-state index in [-0.39, 0.29) is 12.5 Å². The van der Waals surface area contributed by atoms with E-state index in [2.05, 4.69) is 18.3 Å². The summed E-state index contributed by atoms with van der Waals surface area (Å²) in [4.78, 5) is 11.8. The summed E-state index contributed by atoms with van der Waals surface area (Å²) in [5.41, 5.74) is 2.35. The van der Waals surface area contributed by atoms with Crippen LogP contribution in [0.25, 0.3) is 0 Å². The molecule has 0 aromatic heterocycles. The highest BCUT2D eigenvalue weighted by Crippen LogP contribution is 2.19. The van der Waals surface area contributed by atoms with Crippen molar-refractivity contribution in [2.75, 3.05) is 19.8 Å². The van der Waals surface area contributed by atoms with Gasteiger partial charge < -0.3 is 14.8 Å². The molecule has 0 aliphatic heterocycles. The Bertz CT molecular complexity index is 652. The highest BCUT2D eigenvalue weighted by atomic mass is 16.5. The van der Waals surface area contributed by atoms with Gasteiger partial charge in [0.25, 0.3) is 5.91 Å². The molecule has 0 saturated heterocycles. The first-order valence-corrected chi connectivity index (χ1v) is 8.86. The molecule has 0 fully saturated rings. The van der Waals surface area contributed by atoms with Crippen molar-refractivity contribution in [1.82, 2.24) is 5.32 Å². The van der Waals surface area contributed by atoms with Gasteiger partial charge in [0, 0.05) is 6.54 Å². The van der Waals surface area contributed by atoms with Gasteiger partial charge in [0.05, 0.1) is 6.61 Å². The lowest BCUT2D eigenvalue weighted by atomic mass is 10.1. The second-order valence-corrected chi connectivity index (χ2v) is 6.01. The molecule has 2 aromatic carbocycles. The molecule has 0 aliphatic rings. The normalized spacial score (nSPS) is 10.3. The third kappa shape index (κ3) is 6.87. The number of nitrogens with one attached hydrogen (secondary N) is 1. The van der Waals surface area contributed by atoms with Gasteiger partial charge in [0.1, 0.15) is 11.5 Å². The molecule has 0 unspecified atom stereocenters. The molecule has 4 nitrogen and oxygen atoms in total. The lowest BCUT2D eigenvalue weighted by Crippen LogP contribution is -2.29. The first-order chi connectivity index (χ1) is 12.2. The number of carbonyl (C=O) groups is 1. The summed E-state index contributed by atoms with van der Waals surface area (Å²) in [5, 5.41) is 2.89. The van der Waals surface area contributed by atoms with Crippen molar-refractivity contribution in [2.24, 2.45) is 0 Å². The quantitative estimate of drug-likeness (QED) is 0.667. The van der Waals surface area contributed by atoms with Crippen molar-refractivity contribution in [3.8, 4) is 11.5 Å². The van der Waals surface area contributed by atoms with E-state index in [4.69, 9.17) is 9.47 Å². The van der Waals surface area contributed by atoms with Gasteiger partial charge in [0.15, 0.2) is 6.61 Å². The topological polar surface area (TPSA) is 47.6 Å². The SMILES string of the molecule is CCCOc1ccccc1CCCNC(=O)COc1ccc(C)cc1. The van der Waals surface area contributed by atoms with Crippen LogP contribution in [0.3, 0.4) is 0 Å². The van der Waals surface area contributed by atoms with Crippen LogP contribution in [0, 0.1) is 6.92 Å². The van der Waals surface area contributed by atoms with Crippen molar-refractivity contribution in [3.05, 3.63) is 59.7 Å². The largest absolute Gasteiger partial charge is 0.493 e. The molecule has 0 saturated carbocycles. The molecule has 1 amide bonds. The minimum Gasteiger partial charge on any atom is -0.493 e. The molecule has 25 heavy (non-hydrogen) atoms. The van der Waals surface area contributed by atoms with Crippen molar-refractivity contribution in [1.29, 1.82) is 0 Å². The molecular formula is C21H27NO3. The molecule has 0 bridgehead atoms. The average molecular weight is 341 g/mol. The van der Waals surface area contributed by atoms with Crippen molar-refractivity contribution in [2.45, 2.75) is 33.1 Å². The van der Waals surface area contributed by atoms with Crippen molar-refractivity contribution >= 4 is 5.91 Å². The number of hydrogen-bond acceptors (Lipinski definition) is 3. The summed E-state index contributed by atoms with van der Waals surface area (Å²) in [6.45, 7) is 5.50. The standard InChI is InChI=1S/C21H27NO3/c1-3-15-24-20-9-5-4-7-18(20)8-6-14-22-21(23)16-25-19-12-10-17(2)11-13-19/h4-5,7,9-13H,3,6,8,14-16H2,1-2H3,(H,22,23). The van der Waals surface area contributed by atoms with E-state index < -0.39 is 0 Å². The van der Waals surface area contributed by atoms with Gasteiger partial charge in [-0.25, -0.2) is 0 Å². The third-order valence-corrected chi connectivity index (χ3v) is 3.77. The first-order valence-electron chi connectivity index (χ1n) is 8.86. The zero-order chi connectivity index (χ0) is 17.9. The van der Waals surface area contributed by atoms with E-state index in [9.17, 15) is 4.79 Å². The average Bonchev–Trinajstić information content (AvgIpc) is 2.64. The smallest absolute Gasteiger partial charge is 0.257 e. The number of ether oxygens (including phenoxy) is 2. The summed E-state index contributed by atoms with van der Waals surface area (Å²) >= 11 is 0. The van der Waals surface area contributed by atoms with Crippen LogP contribution in [-0.4, -0.2) is 25.7 Å². The van der Waals surface area contributed by atoms with Crippen LogP contribution in [0.15, 0.2) is 48.5 Å². The molecule has 0 radical (unpaired) electrons. The lowest BCUT2D eigenvalue weighted by molar-refractivity contribution is -0.123. The predicted molar refractivity (Wildman–Crippen MR) is 100 cm³/mol. The minimum absolute atomic E-state index is 0.0409. The maximum atomic E-state index is 11.8. The second-order valence-electron chi connectivity index (χ2n) is 6.01. The van der Waals surface area contributed by atoms with Crippen LogP contribution in [0.1, 0.15) is 30.9 Å². The number of amides is 1. The van der Waals surface area contributed by atoms with Gasteiger partial charge in [-0.3, -0.25) is 4.79 Å². The predicted octanol–water partition coefficient (Wildman–Crippen LogP) is 3.91. The summed E-state index contributed by atoms with van der Waals surface area (Å²) in [6, 6.07) is 15.7. The van der Waals surface area contributed by atoms with Gasteiger partial charge >= 0.3 is 0 Å². The Balaban J connectivity index is 1.67. The van der Waals surface area contributed by atoms with Crippen molar-refractivity contribution in [3.63, 3.8) is 0 Å². The fraction of sp³-hybridized carbons (Fsp3) is 0.381. The maximum Gasteiger partial charge on any atom is 0.257 e. The van der Waals surface area contributed by atoms with E-state index in [1.807, 2.05) is 49.4 Å². The van der Waals surface area contributed by atoms with Gasteiger partial charge in [0.2, 0.25) is 0 Å². The molecule has 4 heteroatoms. The Hall–Kier alpha value is -2.49. The number of rotatable bonds is 10. The Kier molecular flexibility index (Phi) is 7.83. The number of aryl methyl sites for hydroxylation is 2. The fourth-order valence-electron chi connectivity index (χ4n) is 2.40. The first kappa shape index (κ1) is 18.8. The molecule has 134 valence electrons. The Labute approximate surface area is 150 Å². The van der Waals surface area contributed by atoms with Crippen LogP contribution in [0.2, 0.25) is 0 Å². The van der Waals surface area contributed by atoms with E-state index in [0.29, 0.717) is 12.3 Å². The van der Waals surface area contributed by atoms with Crippen LogP contribution >= 0.6 is 0 Å². The highest BCUT2D eigenvalue weighted by molar-refractivity contribution is 5.77. The van der Waals surface area contributed by atoms with Crippen LogP contribution in [-0.2, 0) is 11.2 Å². The van der Waals surface area contributed by atoms with Crippen LogP contribution in [0.5, 0.6) is 11.5 Å². The lowest BCUT2D eigenvalue weighted by Gasteiger charge is -2.11. The fourth-order valence-corrected chi connectivity index (χ4v) is 2.40. The monoisotopic (exact) mass is 341 g/mol. The maximum absolute atomic E-state index is 11.8. The molecule has 2 rings (SSSR count). The Morgan fingerprint density at radius 1 is 1.04 bits per heavy atom. The highest BCUT2D eigenvalue weighted by Gasteiger charge is 2.05. The van der Waals surface area contributed by atoms with E-state index in [1.54, 1.807) is 0 Å². The number of carbonyl (C=O) groups excluding carboxylic acids is 1. The zero-order valence-electron chi connectivity index (χ0n) is 15.1. The Morgan fingerprint density at radius 3 is 2.56 bits per heavy atom. The zero-order valence-corrected chi connectivity index (χ0v) is 15.1. The summed E-state index contributed by atoms with van der Waals surface area (Å²) in [6.07, 6.45) is 2.73. The molecular weight excluding hydrogens is 314 g/mol. The third-order valence-electron chi connectivity index (χ3n) is 3.77. The molecule has 2 aromatic rings. The van der Waals surface area contributed by atoms with E-state index >= 15 is 0 Å². The summed E-state index contributed by atoms with van der Waals surface area (Å²) in [5.74, 6) is 1.55. The van der Waals surface area contributed by atoms with E-state index in [0.717, 1.165) is 31.6 Å². The van der Waals surface area contributed by atoms with Crippen molar-refractivity contribution < 1.29 is 14.3 Å². The second kappa shape index (κ2) is 10.4. The molecule has 0 aliphatic carbocycles. The molecule has 0 spiro atoms. The van der Waals surface area contributed by atoms with Gasteiger partial charge in [-0.2, -0.15) is 0 Å². The van der Waals surface area contributed by atoms with Crippen LogP contribution in [0.4, 0.5) is 0 Å². The van der Waals surface area contributed by atoms with Crippen LogP contribution < -0.4 is 14.8 Å². The summed E-state index contributed by atoms with van der Waals surface area (Å²) < 4.78 is 11.2. The van der Waals surface area contributed by atoms with Gasteiger partial charge in [-0.15, -0.1) is 0 Å². The molecule has 0 atom stereocenters. The number of benzene rings is 2. The number of para-hydroxylation sites is 1. The van der Waals surface area contributed by atoms with Gasteiger partial charge in [-0.1, -0.05) is 42.8 Å². The minimum atomic E-state index is -0.101. The molecule has 0 heterocycles. The Morgan fingerprint density at radius 2 is 1.80 bits per heavy atom. The molecule has 1 N–H and O–H groups in total.